The summed E-state index contributed by atoms with van der Waals surface area (Å²) in [7, 11) is 0. The minimum absolute atomic E-state index is 0.131. The van der Waals surface area contributed by atoms with Crippen LogP contribution in [0.25, 0.3) is 11.0 Å². The molecule has 7 nitrogen and oxygen atoms in total. The average molecular weight is 431 g/mol. The number of rotatable bonds is 7. The van der Waals surface area contributed by atoms with Crippen LogP contribution in [0, 0.1) is 5.41 Å². The van der Waals surface area contributed by atoms with Gasteiger partial charge in [0.2, 0.25) is 5.91 Å². The summed E-state index contributed by atoms with van der Waals surface area (Å²) in [5.74, 6) is 0.561. The molecule has 2 N–H and O–H groups in total. The Kier molecular flexibility index (Phi) is 6.37. The molecule has 170 valence electrons. The van der Waals surface area contributed by atoms with Crippen LogP contribution >= 0.6 is 0 Å². The largest absolute Gasteiger partial charge is 0.461 e. The Hall–Kier alpha value is -2.54. The fourth-order valence-electron chi connectivity index (χ4n) is 4.15. The van der Waals surface area contributed by atoms with Crippen LogP contribution in [0.4, 0.5) is 4.79 Å². The van der Waals surface area contributed by atoms with Gasteiger partial charge in [-0.25, -0.2) is 4.79 Å². The first-order valence-corrected chi connectivity index (χ1v) is 10.9. The number of nitrogens with one attached hydrogen (secondary N) is 2. The predicted octanol–water partition coefficient (Wildman–Crippen LogP) is 4.19. The molecule has 1 aliphatic carbocycles. The van der Waals surface area contributed by atoms with Crippen LogP contribution in [0.5, 0.6) is 0 Å². The standard InChI is InChI=1S/C24H34N2O5/c1-7-29-19-15-24(23(19,5)6,26-21(28)31-22(2,3)4)20(27)25-13-12-17-14-16-10-8-9-11-18(16)30-17/h8-11,14,19H,7,12-13,15H2,1-6H3,(H,25,27)(H,26,28)/t19-,24-/m0/s1. The minimum atomic E-state index is -1.11. The highest BCUT2D eigenvalue weighted by molar-refractivity contribution is 5.92. The van der Waals surface area contributed by atoms with E-state index < -0.39 is 22.6 Å². The maximum absolute atomic E-state index is 13.3. The van der Waals surface area contributed by atoms with Crippen molar-refractivity contribution < 1.29 is 23.5 Å². The lowest BCUT2D eigenvalue weighted by Crippen LogP contribution is -2.78. The molecule has 0 radical (unpaired) electrons. The zero-order valence-electron chi connectivity index (χ0n) is 19.3. The molecule has 1 aliphatic rings. The topological polar surface area (TPSA) is 89.8 Å². The third kappa shape index (κ3) is 4.71. The van der Waals surface area contributed by atoms with E-state index in [4.69, 9.17) is 13.9 Å². The number of benzene rings is 1. The van der Waals surface area contributed by atoms with Gasteiger partial charge in [-0.2, -0.15) is 0 Å². The molecule has 1 aromatic carbocycles. The van der Waals surface area contributed by atoms with Gasteiger partial charge in [0.1, 0.15) is 22.5 Å². The number of ether oxygens (including phenoxy) is 2. The van der Waals surface area contributed by atoms with Gasteiger partial charge in [-0.1, -0.05) is 32.0 Å². The van der Waals surface area contributed by atoms with Crippen molar-refractivity contribution in [1.29, 1.82) is 0 Å². The summed E-state index contributed by atoms with van der Waals surface area (Å²) in [4.78, 5) is 25.9. The molecule has 2 amide bonds. The second-order valence-corrected chi connectivity index (χ2v) is 9.66. The first kappa shape index (κ1) is 23.1. The number of carbonyl (C=O) groups is 2. The Morgan fingerprint density at radius 3 is 2.55 bits per heavy atom. The van der Waals surface area contributed by atoms with Gasteiger partial charge in [-0.15, -0.1) is 0 Å². The predicted molar refractivity (Wildman–Crippen MR) is 119 cm³/mol. The zero-order chi connectivity index (χ0) is 22.9. The van der Waals surface area contributed by atoms with E-state index in [0.29, 0.717) is 26.0 Å². The first-order chi connectivity index (χ1) is 14.5. The number of alkyl carbamates (subject to hydrolysis) is 1. The quantitative estimate of drug-likeness (QED) is 0.687. The summed E-state index contributed by atoms with van der Waals surface area (Å²) in [5, 5.41) is 6.87. The summed E-state index contributed by atoms with van der Waals surface area (Å²) >= 11 is 0. The molecule has 0 unspecified atom stereocenters. The van der Waals surface area contributed by atoms with Crippen molar-refractivity contribution in [1.82, 2.24) is 10.6 Å². The Morgan fingerprint density at radius 1 is 1.23 bits per heavy atom. The highest BCUT2D eigenvalue weighted by atomic mass is 16.6. The summed E-state index contributed by atoms with van der Waals surface area (Å²) in [6.45, 7) is 12.1. The van der Waals surface area contributed by atoms with Crippen molar-refractivity contribution >= 4 is 23.0 Å². The van der Waals surface area contributed by atoms with E-state index in [9.17, 15) is 9.59 Å². The maximum Gasteiger partial charge on any atom is 0.408 e. The molecule has 31 heavy (non-hydrogen) atoms. The molecular formula is C24H34N2O5. The Balaban J connectivity index is 1.69. The number of furan rings is 1. The lowest BCUT2D eigenvalue weighted by Gasteiger charge is -2.59. The van der Waals surface area contributed by atoms with Crippen LogP contribution in [0.3, 0.4) is 0 Å². The van der Waals surface area contributed by atoms with E-state index in [2.05, 4.69) is 10.6 Å². The SMILES string of the molecule is CCO[C@H]1C[C@](NC(=O)OC(C)(C)C)(C(=O)NCCc2cc3ccccc3o2)C1(C)C. The molecule has 1 aromatic heterocycles. The average Bonchev–Trinajstić information content (AvgIpc) is 3.08. The summed E-state index contributed by atoms with van der Waals surface area (Å²) in [5.41, 5.74) is -1.53. The fourth-order valence-corrected chi connectivity index (χ4v) is 4.15. The van der Waals surface area contributed by atoms with Crippen molar-refractivity contribution in [3.8, 4) is 0 Å². The molecule has 1 fully saturated rings. The van der Waals surface area contributed by atoms with Crippen molar-refractivity contribution in [2.75, 3.05) is 13.2 Å². The molecule has 0 spiro atoms. The fraction of sp³-hybridized carbons (Fsp3) is 0.583. The smallest absolute Gasteiger partial charge is 0.408 e. The molecular weight excluding hydrogens is 396 g/mol. The molecule has 3 rings (SSSR count). The Morgan fingerprint density at radius 2 is 1.94 bits per heavy atom. The molecule has 2 aromatic rings. The van der Waals surface area contributed by atoms with E-state index in [0.717, 1.165) is 16.7 Å². The summed E-state index contributed by atoms with van der Waals surface area (Å²) in [6.07, 6.45) is 0.207. The Bertz CT molecular complexity index is 910. The summed E-state index contributed by atoms with van der Waals surface area (Å²) in [6, 6.07) is 9.78. The molecule has 0 aliphatic heterocycles. The van der Waals surface area contributed by atoms with Gasteiger partial charge in [0, 0.05) is 36.8 Å². The van der Waals surface area contributed by atoms with E-state index in [1.54, 1.807) is 20.8 Å². The normalized spacial score (nSPS) is 22.6. The van der Waals surface area contributed by atoms with Crippen LogP contribution in [0.2, 0.25) is 0 Å². The number of amides is 2. The second-order valence-electron chi connectivity index (χ2n) is 9.66. The number of hydrogen-bond acceptors (Lipinski definition) is 5. The van der Waals surface area contributed by atoms with Crippen molar-refractivity contribution in [3.63, 3.8) is 0 Å². The highest BCUT2D eigenvalue weighted by Crippen LogP contribution is 2.51. The van der Waals surface area contributed by atoms with Crippen LogP contribution < -0.4 is 10.6 Å². The molecule has 0 bridgehead atoms. The molecule has 1 saturated carbocycles. The Labute approximate surface area is 183 Å². The molecule has 1 heterocycles. The summed E-state index contributed by atoms with van der Waals surface area (Å²) < 4.78 is 17.1. The molecule has 0 saturated heterocycles. The number of para-hydroxylation sites is 1. The minimum Gasteiger partial charge on any atom is -0.461 e. The lowest BCUT2D eigenvalue weighted by molar-refractivity contribution is -0.178. The van der Waals surface area contributed by atoms with Gasteiger partial charge in [-0.3, -0.25) is 4.79 Å². The third-order valence-electron chi connectivity index (χ3n) is 6.00. The lowest BCUT2D eigenvalue weighted by atomic mass is 9.53. The van der Waals surface area contributed by atoms with Gasteiger partial charge >= 0.3 is 6.09 Å². The van der Waals surface area contributed by atoms with Crippen LogP contribution in [0.15, 0.2) is 34.7 Å². The second kappa shape index (κ2) is 8.54. The van der Waals surface area contributed by atoms with Crippen molar-refractivity contribution in [2.45, 2.75) is 71.6 Å². The van der Waals surface area contributed by atoms with Crippen molar-refractivity contribution in [2.24, 2.45) is 5.41 Å². The van der Waals surface area contributed by atoms with Gasteiger partial charge in [-0.05, 0) is 39.8 Å². The maximum atomic E-state index is 13.3. The number of fused-ring (bicyclic) bond motifs is 1. The number of carbonyl (C=O) groups excluding carboxylic acids is 2. The van der Waals surface area contributed by atoms with Crippen LogP contribution in [0.1, 0.15) is 53.7 Å². The van der Waals surface area contributed by atoms with E-state index in [1.165, 1.54) is 0 Å². The van der Waals surface area contributed by atoms with Crippen molar-refractivity contribution in [3.05, 3.63) is 36.1 Å². The molecule has 2 atom stereocenters. The van der Waals surface area contributed by atoms with Gasteiger partial charge < -0.3 is 24.5 Å². The van der Waals surface area contributed by atoms with Crippen LogP contribution in [-0.2, 0) is 20.7 Å². The highest BCUT2D eigenvalue weighted by Gasteiger charge is 2.66. The van der Waals surface area contributed by atoms with E-state index >= 15 is 0 Å². The van der Waals surface area contributed by atoms with Gasteiger partial charge in [0.15, 0.2) is 0 Å². The van der Waals surface area contributed by atoms with Crippen LogP contribution in [-0.4, -0.2) is 42.4 Å². The third-order valence-corrected chi connectivity index (χ3v) is 6.00. The first-order valence-electron chi connectivity index (χ1n) is 10.9. The molecule has 7 heteroatoms. The van der Waals surface area contributed by atoms with E-state index in [1.807, 2.05) is 51.1 Å². The zero-order valence-corrected chi connectivity index (χ0v) is 19.3. The van der Waals surface area contributed by atoms with E-state index in [-0.39, 0.29) is 12.0 Å². The van der Waals surface area contributed by atoms with Gasteiger partial charge in [0.25, 0.3) is 0 Å². The number of hydrogen-bond donors (Lipinski definition) is 2. The van der Waals surface area contributed by atoms with Gasteiger partial charge in [0.05, 0.1) is 6.10 Å². The monoisotopic (exact) mass is 430 g/mol.